The van der Waals surface area contributed by atoms with E-state index in [4.69, 9.17) is 9.47 Å². The largest absolute Gasteiger partial charge is 0.464 e. The van der Waals surface area contributed by atoms with Crippen LogP contribution in [0.5, 0.6) is 5.75 Å². The molecule has 0 N–H and O–H groups in total. The maximum Gasteiger partial charge on any atom is 0.188 e. The lowest BCUT2D eigenvalue weighted by Gasteiger charge is -2.08. The van der Waals surface area contributed by atoms with Gasteiger partial charge in [0.15, 0.2) is 18.4 Å². The molecular weight excluding hydrogens is 171 g/mol. The average molecular weight is 184 g/mol. The lowest BCUT2D eigenvalue weighted by molar-refractivity contribution is 0.0482. The molecule has 1 aromatic rings. The summed E-state index contributed by atoms with van der Waals surface area (Å²) in [6, 6.07) is 3.43. The van der Waals surface area contributed by atoms with Crippen molar-refractivity contribution in [1.29, 1.82) is 0 Å². The molecule has 0 amide bonds. The molecule has 0 aromatic heterocycles. The predicted octanol–water partition coefficient (Wildman–Crippen LogP) is 2.43. The fraction of sp³-hybridized carbons (Fsp3) is 0.400. The van der Waals surface area contributed by atoms with Gasteiger partial charge in [0, 0.05) is 7.11 Å². The van der Waals surface area contributed by atoms with Crippen molar-refractivity contribution in [1.82, 2.24) is 0 Å². The molecule has 0 atom stereocenters. The highest BCUT2D eigenvalue weighted by atomic mass is 19.1. The Morgan fingerprint density at radius 3 is 2.62 bits per heavy atom. The highest BCUT2D eigenvalue weighted by Gasteiger charge is 2.06. The number of benzene rings is 1. The smallest absolute Gasteiger partial charge is 0.188 e. The second-order valence-electron chi connectivity index (χ2n) is 2.94. The number of hydrogen-bond acceptors (Lipinski definition) is 2. The van der Waals surface area contributed by atoms with Crippen LogP contribution in [0.3, 0.4) is 0 Å². The van der Waals surface area contributed by atoms with Crippen LogP contribution >= 0.6 is 0 Å². The van der Waals surface area contributed by atoms with Crippen molar-refractivity contribution in [3.63, 3.8) is 0 Å². The summed E-state index contributed by atoms with van der Waals surface area (Å²) in [5.74, 6) is -0.0676. The van der Waals surface area contributed by atoms with Crippen LogP contribution in [0.25, 0.3) is 0 Å². The van der Waals surface area contributed by atoms with E-state index in [0.29, 0.717) is 5.56 Å². The van der Waals surface area contributed by atoms with E-state index in [1.165, 1.54) is 7.11 Å². The van der Waals surface area contributed by atoms with E-state index in [9.17, 15) is 4.39 Å². The van der Waals surface area contributed by atoms with Crippen molar-refractivity contribution in [2.75, 3.05) is 13.9 Å². The lowest BCUT2D eigenvalue weighted by atomic mass is 10.1. The summed E-state index contributed by atoms with van der Waals surface area (Å²) in [5, 5.41) is 0. The molecule has 2 nitrogen and oxygen atoms in total. The number of ether oxygens (including phenoxy) is 2. The number of methoxy groups -OCH3 is 1. The molecule has 0 radical (unpaired) electrons. The van der Waals surface area contributed by atoms with E-state index in [-0.39, 0.29) is 18.4 Å². The van der Waals surface area contributed by atoms with Gasteiger partial charge in [-0.15, -0.1) is 0 Å². The molecule has 0 aliphatic heterocycles. The van der Waals surface area contributed by atoms with E-state index in [2.05, 4.69) is 0 Å². The van der Waals surface area contributed by atoms with Gasteiger partial charge in [0.2, 0.25) is 0 Å². The van der Waals surface area contributed by atoms with Gasteiger partial charge >= 0.3 is 0 Å². The Labute approximate surface area is 77.3 Å². The molecule has 0 aliphatic carbocycles. The fourth-order valence-corrected chi connectivity index (χ4v) is 1.14. The van der Waals surface area contributed by atoms with Gasteiger partial charge in [0.25, 0.3) is 0 Å². The molecule has 13 heavy (non-hydrogen) atoms. The van der Waals surface area contributed by atoms with Gasteiger partial charge in [0.1, 0.15) is 0 Å². The van der Waals surface area contributed by atoms with Crippen molar-refractivity contribution < 1.29 is 13.9 Å². The Hall–Kier alpha value is -1.09. The minimum Gasteiger partial charge on any atom is -0.464 e. The molecule has 0 fully saturated rings. The molecule has 0 bridgehead atoms. The van der Waals surface area contributed by atoms with Crippen LogP contribution in [0.1, 0.15) is 11.1 Å². The molecule has 3 heteroatoms. The Kier molecular flexibility index (Phi) is 3.25. The minimum absolute atomic E-state index is 0.0693. The standard InChI is InChI=1S/C10H13FO2/c1-7-4-8(2)10(11)9(5-7)13-6-12-3/h4-5H,6H2,1-3H3. The van der Waals surface area contributed by atoms with Crippen molar-refractivity contribution in [3.8, 4) is 5.75 Å². The van der Waals surface area contributed by atoms with Gasteiger partial charge in [-0.05, 0) is 31.0 Å². The molecule has 1 rings (SSSR count). The van der Waals surface area contributed by atoms with Crippen LogP contribution < -0.4 is 4.74 Å². The van der Waals surface area contributed by atoms with Crippen molar-refractivity contribution in [2.45, 2.75) is 13.8 Å². The fourth-order valence-electron chi connectivity index (χ4n) is 1.14. The molecule has 1 aromatic carbocycles. The molecular formula is C10H13FO2. The lowest BCUT2D eigenvalue weighted by Crippen LogP contribution is -2.02. The number of aryl methyl sites for hydroxylation is 2. The summed E-state index contributed by atoms with van der Waals surface area (Å²) in [6.07, 6.45) is 0. The summed E-state index contributed by atoms with van der Waals surface area (Å²) in [7, 11) is 1.50. The highest BCUT2D eigenvalue weighted by molar-refractivity contribution is 5.34. The van der Waals surface area contributed by atoms with E-state index in [0.717, 1.165) is 5.56 Å². The third kappa shape index (κ3) is 2.42. The second-order valence-corrected chi connectivity index (χ2v) is 2.94. The van der Waals surface area contributed by atoms with Gasteiger partial charge in [-0.1, -0.05) is 6.07 Å². The molecule has 0 heterocycles. The maximum absolute atomic E-state index is 13.3. The second kappa shape index (κ2) is 4.23. The first-order valence-electron chi connectivity index (χ1n) is 4.03. The number of halogens is 1. The zero-order chi connectivity index (χ0) is 9.84. The Balaban J connectivity index is 2.92. The third-order valence-electron chi connectivity index (χ3n) is 1.70. The van der Waals surface area contributed by atoms with Crippen molar-refractivity contribution >= 4 is 0 Å². The molecule has 0 aliphatic rings. The van der Waals surface area contributed by atoms with Gasteiger partial charge in [-0.25, -0.2) is 4.39 Å². The van der Waals surface area contributed by atoms with E-state index in [1.807, 2.05) is 6.92 Å². The predicted molar refractivity (Wildman–Crippen MR) is 48.4 cm³/mol. The van der Waals surface area contributed by atoms with Gasteiger partial charge < -0.3 is 9.47 Å². The van der Waals surface area contributed by atoms with Crippen molar-refractivity contribution in [2.24, 2.45) is 0 Å². The van der Waals surface area contributed by atoms with Crippen LogP contribution in [-0.2, 0) is 4.74 Å². The van der Waals surface area contributed by atoms with Crippen LogP contribution in [0.4, 0.5) is 4.39 Å². The quantitative estimate of drug-likeness (QED) is 0.672. The Bertz CT molecular complexity index is 297. The Morgan fingerprint density at radius 1 is 1.31 bits per heavy atom. The van der Waals surface area contributed by atoms with Crippen LogP contribution in [0, 0.1) is 19.7 Å². The SMILES string of the molecule is COCOc1cc(C)cc(C)c1F. The van der Waals surface area contributed by atoms with Crippen LogP contribution in [0.2, 0.25) is 0 Å². The summed E-state index contributed by atoms with van der Waals surface area (Å²) in [5.41, 5.74) is 1.57. The maximum atomic E-state index is 13.3. The molecule has 72 valence electrons. The summed E-state index contributed by atoms with van der Waals surface area (Å²) in [6.45, 7) is 3.67. The normalized spacial score (nSPS) is 10.2. The molecule has 0 spiro atoms. The van der Waals surface area contributed by atoms with Gasteiger partial charge in [-0.2, -0.15) is 0 Å². The first-order valence-corrected chi connectivity index (χ1v) is 4.03. The van der Waals surface area contributed by atoms with Crippen molar-refractivity contribution in [3.05, 3.63) is 29.1 Å². The average Bonchev–Trinajstić information content (AvgIpc) is 2.09. The zero-order valence-corrected chi connectivity index (χ0v) is 8.06. The van der Waals surface area contributed by atoms with Crippen LogP contribution in [0.15, 0.2) is 12.1 Å². The Morgan fingerprint density at radius 2 is 2.00 bits per heavy atom. The molecule has 0 unspecified atom stereocenters. The third-order valence-corrected chi connectivity index (χ3v) is 1.70. The van der Waals surface area contributed by atoms with Crippen LogP contribution in [-0.4, -0.2) is 13.9 Å². The first-order chi connectivity index (χ1) is 6.15. The van der Waals surface area contributed by atoms with Gasteiger partial charge in [0.05, 0.1) is 0 Å². The number of hydrogen-bond donors (Lipinski definition) is 0. The molecule has 0 saturated carbocycles. The van der Waals surface area contributed by atoms with E-state index >= 15 is 0 Å². The van der Waals surface area contributed by atoms with E-state index in [1.54, 1.807) is 19.1 Å². The van der Waals surface area contributed by atoms with E-state index < -0.39 is 0 Å². The topological polar surface area (TPSA) is 18.5 Å². The highest BCUT2D eigenvalue weighted by Crippen LogP contribution is 2.22. The molecule has 0 saturated heterocycles. The zero-order valence-electron chi connectivity index (χ0n) is 8.06. The monoisotopic (exact) mass is 184 g/mol. The summed E-state index contributed by atoms with van der Waals surface area (Å²) >= 11 is 0. The number of rotatable bonds is 3. The minimum atomic E-state index is -0.317. The first kappa shape index (κ1) is 9.99. The summed E-state index contributed by atoms with van der Waals surface area (Å²) < 4.78 is 23.1. The van der Waals surface area contributed by atoms with Gasteiger partial charge in [-0.3, -0.25) is 0 Å². The summed E-state index contributed by atoms with van der Waals surface area (Å²) in [4.78, 5) is 0.